The van der Waals surface area contributed by atoms with E-state index in [1.165, 1.54) is 12.8 Å². The highest BCUT2D eigenvalue weighted by molar-refractivity contribution is 7.71. The molecule has 4 heteroatoms. The number of methoxy groups -OCH3 is 1. The SMILES string of the molecule is CCc1cc(=S)nc(C2(OC)CCC(C)CC2)[nH]1. The maximum atomic E-state index is 5.83. The summed E-state index contributed by atoms with van der Waals surface area (Å²) in [7, 11) is 1.78. The molecule has 0 radical (unpaired) electrons. The molecule has 0 aliphatic heterocycles. The van der Waals surface area contributed by atoms with Crippen molar-refractivity contribution in [1.82, 2.24) is 9.97 Å². The van der Waals surface area contributed by atoms with Crippen molar-refractivity contribution in [3.63, 3.8) is 0 Å². The van der Waals surface area contributed by atoms with E-state index in [1.54, 1.807) is 7.11 Å². The summed E-state index contributed by atoms with van der Waals surface area (Å²) in [6.45, 7) is 4.42. The first-order chi connectivity index (χ1) is 8.59. The Kier molecular flexibility index (Phi) is 4.17. The van der Waals surface area contributed by atoms with Gasteiger partial charge in [-0.15, -0.1) is 0 Å². The average Bonchev–Trinajstić information content (AvgIpc) is 2.39. The molecule has 0 unspecified atom stereocenters. The number of hydrogen-bond acceptors (Lipinski definition) is 3. The van der Waals surface area contributed by atoms with Gasteiger partial charge in [-0.2, -0.15) is 0 Å². The first-order valence-corrected chi connectivity index (χ1v) is 7.16. The summed E-state index contributed by atoms with van der Waals surface area (Å²) in [6.07, 6.45) is 5.36. The number of nitrogens with zero attached hydrogens (tertiary/aromatic N) is 1. The smallest absolute Gasteiger partial charge is 0.140 e. The molecule has 2 rings (SSSR count). The van der Waals surface area contributed by atoms with E-state index in [2.05, 4.69) is 23.8 Å². The third kappa shape index (κ3) is 2.64. The Bertz CT molecular complexity index is 461. The summed E-state index contributed by atoms with van der Waals surface area (Å²) in [4.78, 5) is 7.92. The zero-order valence-electron chi connectivity index (χ0n) is 11.5. The quantitative estimate of drug-likeness (QED) is 0.847. The van der Waals surface area contributed by atoms with Crippen LogP contribution in [0.15, 0.2) is 6.07 Å². The molecule has 0 amide bonds. The molecule has 18 heavy (non-hydrogen) atoms. The Hall–Kier alpha value is -0.740. The standard InChI is InChI=1S/C14H22N2OS/c1-4-11-9-12(18)16-13(15-11)14(17-3)7-5-10(2)6-8-14/h9-10H,4-8H2,1-3H3,(H,15,16,18). The van der Waals surface area contributed by atoms with Crippen molar-refractivity contribution in [2.75, 3.05) is 7.11 Å². The van der Waals surface area contributed by atoms with Crippen LogP contribution in [0.2, 0.25) is 0 Å². The van der Waals surface area contributed by atoms with E-state index >= 15 is 0 Å². The Labute approximate surface area is 114 Å². The van der Waals surface area contributed by atoms with Crippen LogP contribution in [0.3, 0.4) is 0 Å². The Morgan fingerprint density at radius 2 is 2.17 bits per heavy atom. The molecular weight excluding hydrogens is 244 g/mol. The van der Waals surface area contributed by atoms with E-state index in [0.29, 0.717) is 4.64 Å². The number of H-pyrrole nitrogens is 1. The summed E-state index contributed by atoms with van der Waals surface area (Å²) in [6, 6.07) is 1.94. The molecule has 1 heterocycles. The topological polar surface area (TPSA) is 37.9 Å². The van der Waals surface area contributed by atoms with Crippen LogP contribution in [0.4, 0.5) is 0 Å². The van der Waals surface area contributed by atoms with Crippen LogP contribution in [0.1, 0.15) is 51.0 Å². The zero-order valence-corrected chi connectivity index (χ0v) is 12.3. The number of aryl methyl sites for hydroxylation is 1. The first-order valence-electron chi connectivity index (χ1n) is 6.75. The van der Waals surface area contributed by atoms with E-state index < -0.39 is 0 Å². The van der Waals surface area contributed by atoms with Crippen LogP contribution in [-0.4, -0.2) is 17.1 Å². The minimum Gasteiger partial charge on any atom is -0.370 e. The van der Waals surface area contributed by atoms with Crippen LogP contribution < -0.4 is 0 Å². The van der Waals surface area contributed by atoms with Crippen molar-refractivity contribution in [3.05, 3.63) is 22.2 Å². The number of hydrogen-bond donors (Lipinski definition) is 1. The largest absolute Gasteiger partial charge is 0.370 e. The van der Waals surface area contributed by atoms with Gasteiger partial charge in [-0.1, -0.05) is 26.1 Å². The van der Waals surface area contributed by atoms with Gasteiger partial charge in [0.2, 0.25) is 0 Å². The molecule has 1 aliphatic rings. The minimum atomic E-state index is -0.259. The predicted octanol–water partition coefficient (Wildman–Crippen LogP) is 3.75. The lowest BCUT2D eigenvalue weighted by Crippen LogP contribution is -2.35. The second kappa shape index (κ2) is 5.49. The number of aromatic amines is 1. The lowest BCUT2D eigenvalue weighted by Gasteiger charge is -2.37. The summed E-state index contributed by atoms with van der Waals surface area (Å²) < 4.78 is 6.49. The van der Waals surface area contributed by atoms with Crippen molar-refractivity contribution in [3.8, 4) is 0 Å². The third-order valence-electron chi connectivity index (χ3n) is 4.08. The van der Waals surface area contributed by atoms with Crippen molar-refractivity contribution >= 4 is 12.2 Å². The molecular formula is C14H22N2OS. The molecule has 1 aromatic rings. The van der Waals surface area contributed by atoms with E-state index in [4.69, 9.17) is 17.0 Å². The third-order valence-corrected chi connectivity index (χ3v) is 4.29. The van der Waals surface area contributed by atoms with Crippen LogP contribution >= 0.6 is 12.2 Å². The molecule has 0 spiro atoms. The summed E-state index contributed by atoms with van der Waals surface area (Å²) >= 11 is 5.26. The number of nitrogens with one attached hydrogen (secondary N) is 1. The van der Waals surface area contributed by atoms with Gasteiger partial charge in [-0.05, 0) is 44.1 Å². The predicted molar refractivity (Wildman–Crippen MR) is 75.1 cm³/mol. The van der Waals surface area contributed by atoms with Gasteiger partial charge in [-0.3, -0.25) is 0 Å². The van der Waals surface area contributed by atoms with E-state index in [1.807, 2.05) is 6.07 Å². The van der Waals surface area contributed by atoms with Crippen LogP contribution in [0.5, 0.6) is 0 Å². The average molecular weight is 266 g/mol. The summed E-state index contributed by atoms with van der Waals surface area (Å²) in [5, 5.41) is 0. The maximum absolute atomic E-state index is 5.83. The molecule has 0 aromatic carbocycles. The highest BCUT2D eigenvalue weighted by Crippen LogP contribution is 2.40. The molecule has 0 saturated heterocycles. The van der Waals surface area contributed by atoms with Gasteiger partial charge >= 0.3 is 0 Å². The molecule has 1 N–H and O–H groups in total. The fraction of sp³-hybridized carbons (Fsp3) is 0.714. The number of rotatable bonds is 3. The molecule has 1 aromatic heterocycles. The maximum Gasteiger partial charge on any atom is 0.140 e. The first kappa shape index (κ1) is 13.7. The number of ether oxygens (including phenoxy) is 1. The second-order valence-corrected chi connectivity index (χ2v) is 5.75. The summed E-state index contributed by atoms with van der Waals surface area (Å²) in [5.74, 6) is 1.70. The van der Waals surface area contributed by atoms with Crippen molar-refractivity contribution in [1.29, 1.82) is 0 Å². The Morgan fingerprint density at radius 3 is 2.72 bits per heavy atom. The van der Waals surface area contributed by atoms with E-state index in [0.717, 1.165) is 36.7 Å². The Balaban J connectivity index is 2.38. The molecule has 100 valence electrons. The fourth-order valence-corrected chi connectivity index (χ4v) is 2.91. The fourth-order valence-electron chi connectivity index (χ4n) is 2.68. The van der Waals surface area contributed by atoms with Gasteiger partial charge in [0.1, 0.15) is 16.1 Å². The molecule has 0 bridgehead atoms. The van der Waals surface area contributed by atoms with E-state index in [-0.39, 0.29) is 5.60 Å². The lowest BCUT2D eigenvalue weighted by atomic mass is 9.79. The van der Waals surface area contributed by atoms with Gasteiger partial charge in [0.25, 0.3) is 0 Å². The van der Waals surface area contributed by atoms with E-state index in [9.17, 15) is 0 Å². The molecule has 1 saturated carbocycles. The van der Waals surface area contributed by atoms with Gasteiger partial charge in [-0.25, -0.2) is 4.98 Å². The van der Waals surface area contributed by atoms with Crippen LogP contribution in [-0.2, 0) is 16.8 Å². The van der Waals surface area contributed by atoms with Crippen LogP contribution in [0, 0.1) is 10.6 Å². The van der Waals surface area contributed by atoms with Crippen LogP contribution in [0.25, 0.3) is 0 Å². The van der Waals surface area contributed by atoms with Gasteiger partial charge < -0.3 is 9.72 Å². The monoisotopic (exact) mass is 266 g/mol. The molecule has 1 aliphatic carbocycles. The van der Waals surface area contributed by atoms with Crippen molar-refractivity contribution in [2.24, 2.45) is 5.92 Å². The second-order valence-electron chi connectivity index (χ2n) is 5.33. The molecule has 0 atom stereocenters. The molecule has 1 fully saturated rings. The van der Waals surface area contributed by atoms with Gasteiger partial charge in [0.05, 0.1) is 0 Å². The number of aromatic nitrogens is 2. The molecule has 3 nitrogen and oxygen atoms in total. The van der Waals surface area contributed by atoms with Crippen molar-refractivity contribution < 1.29 is 4.74 Å². The van der Waals surface area contributed by atoms with Crippen molar-refractivity contribution in [2.45, 2.75) is 51.6 Å². The summed E-state index contributed by atoms with van der Waals surface area (Å²) in [5.41, 5.74) is 0.880. The minimum absolute atomic E-state index is 0.259. The lowest BCUT2D eigenvalue weighted by molar-refractivity contribution is -0.0599. The van der Waals surface area contributed by atoms with Gasteiger partial charge in [0, 0.05) is 12.8 Å². The highest BCUT2D eigenvalue weighted by atomic mass is 32.1. The Morgan fingerprint density at radius 1 is 1.50 bits per heavy atom. The highest BCUT2D eigenvalue weighted by Gasteiger charge is 2.38. The van der Waals surface area contributed by atoms with Gasteiger partial charge in [0.15, 0.2) is 0 Å². The normalized spacial score (nSPS) is 28.3. The zero-order chi connectivity index (χ0) is 13.2.